The van der Waals surface area contributed by atoms with Gasteiger partial charge in [0.2, 0.25) is 0 Å². The van der Waals surface area contributed by atoms with E-state index in [0.29, 0.717) is 0 Å². The van der Waals surface area contributed by atoms with E-state index in [1.54, 1.807) is 0 Å². The molecule has 0 saturated carbocycles. The monoisotopic (exact) mass is 449 g/mol. The van der Waals surface area contributed by atoms with E-state index in [9.17, 15) is 0 Å². The molecule has 0 unspecified atom stereocenters. The zero-order valence-electron chi connectivity index (χ0n) is 18.5. The standard InChI is InChI=1S/C30H16BNO3/c1-3-9-20-18(7-1)19-8-2-4-10-21(19)32(20)17-15-26-30-27(16-17)35-25-14-6-12-23-29(25)31(30)28-22(33-23)11-5-13-24(28)34-26/h1-16H. The van der Waals surface area contributed by atoms with E-state index < -0.39 is 0 Å². The summed E-state index contributed by atoms with van der Waals surface area (Å²) in [6.45, 7) is 0.0286. The molecule has 0 amide bonds. The lowest BCUT2D eigenvalue weighted by Gasteiger charge is -2.37. The highest BCUT2D eigenvalue weighted by Crippen LogP contribution is 2.43. The zero-order valence-corrected chi connectivity index (χ0v) is 18.5. The molecule has 0 spiro atoms. The number of ether oxygens (including phenoxy) is 3. The summed E-state index contributed by atoms with van der Waals surface area (Å²) in [5, 5.41) is 2.46. The van der Waals surface area contributed by atoms with E-state index in [1.807, 2.05) is 36.4 Å². The molecule has 0 fully saturated rings. The second-order valence-electron chi connectivity index (χ2n) is 9.30. The van der Waals surface area contributed by atoms with E-state index in [1.165, 1.54) is 10.8 Å². The molecule has 0 saturated heterocycles. The molecule has 0 bridgehead atoms. The maximum Gasteiger partial charge on any atom is 0.270 e. The molecule has 1 aromatic heterocycles. The summed E-state index contributed by atoms with van der Waals surface area (Å²) in [4.78, 5) is 0. The van der Waals surface area contributed by atoms with Crippen molar-refractivity contribution in [1.29, 1.82) is 0 Å². The van der Waals surface area contributed by atoms with Gasteiger partial charge in [-0.2, -0.15) is 0 Å². The van der Waals surface area contributed by atoms with Crippen molar-refractivity contribution in [2.75, 3.05) is 0 Å². The molecule has 6 aromatic rings. The average molecular weight is 449 g/mol. The van der Waals surface area contributed by atoms with Gasteiger partial charge in [-0.1, -0.05) is 48.5 Å². The van der Waals surface area contributed by atoms with Crippen LogP contribution in [0.25, 0.3) is 27.5 Å². The number of nitrogens with zero attached hydrogens (tertiary/aromatic N) is 1. The smallest absolute Gasteiger partial charge is 0.270 e. The summed E-state index contributed by atoms with van der Waals surface area (Å²) in [5.74, 6) is 5.04. The van der Waals surface area contributed by atoms with Crippen LogP contribution in [0, 0.1) is 0 Å². The third-order valence-electron chi connectivity index (χ3n) is 7.51. The molecule has 4 heterocycles. The first-order chi connectivity index (χ1) is 17.3. The van der Waals surface area contributed by atoms with Crippen LogP contribution >= 0.6 is 0 Å². The summed E-state index contributed by atoms with van der Waals surface area (Å²) in [7, 11) is 0. The maximum absolute atomic E-state index is 6.54. The normalized spacial score (nSPS) is 13.8. The van der Waals surface area contributed by atoms with Crippen molar-refractivity contribution in [2.45, 2.75) is 0 Å². The summed E-state index contributed by atoms with van der Waals surface area (Å²) in [6, 6.07) is 33.4. The Morgan fingerprint density at radius 3 is 1.40 bits per heavy atom. The molecule has 3 aliphatic rings. The Labute approximate surface area is 201 Å². The molecule has 3 aliphatic heterocycles. The Morgan fingerprint density at radius 2 is 0.886 bits per heavy atom. The molecule has 4 nitrogen and oxygen atoms in total. The highest BCUT2D eigenvalue weighted by molar-refractivity contribution is 6.99. The Balaban J connectivity index is 1.38. The van der Waals surface area contributed by atoms with Gasteiger partial charge in [0.25, 0.3) is 6.71 Å². The predicted molar refractivity (Wildman–Crippen MR) is 139 cm³/mol. The number of hydrogen-bond acceptors (Lipinski definition) is 3. The minimum Gasteiger partial charge on any atom is -0.458 e. The number of rotatable bonds is 1. The second-order valence-corrected chi connectivity index (χ2v) is 9.30. The topological polar surface area (TPSA) is 32.6 Å². The van der Waals surface area contributed by atoms with Gasteiger partial charge in [-0.05, 0) is 36.4 Å². The lowest BCUT2D eigenvalue weighted by atomic mass is 9.34. The number of fused-ring (bicyclic) bond motifs is 3. The molecule has 0 N–H and O–H groups in total. The first kappa shape index (κ1) is 17.8. The van der Waals surface area contributed by atoms with Crippen molar-refractivity contribution in [3.05, 3.63) is 97.1 Å². The van der Waals surface area contributed by atoms with Crippen LogP contribution in [0.4, 0.5) is 0 Å². The van der Waals surface area contributed by atoms with Gasteiger partial charge < -0.3 is 18.8 Å². The van der Waals surface area contributed by atoms with E-state index in [2.05, 4.69) is 65.2 Å². The third kappa shape index (κ3) is 2.14. The van der Waals surface area contributed by atoms with Crippen LogP contribution in [-0.2, 0) is 0 Å². The molecular weight excluding hydrogens is 433 g/mol. The predicted octanol–water partition coefficient (Wildman–Crippen LogP) is 5.62. The lowest BCUT2D eigenvalue weighted by Crippen LogP contribution is -2.59. The fourth-order valence-electron chi connectivity index (χ4n) is 6.13. The molecule has 9 rings (SSSR count). The van der Waals surface area contributed by atoms with Crippen LogP contribution in [0.5, 0.6) is 34.5 Å². The number of para-hydroxylation sites is 2. The molecule has 5 aromatic carbocycles. The zero-order chi connectivity index (χ0) is 22.7. The van der Waals surface area contributed by atoms with Gasteiger partial charge in [-0.15, -0.1) is 0 Å². The van der Waals surface area contributed by atoms with Crippen LogP contribution in [0.15, 0.2) is 97.1 Å². The quantitative estimate of drug-likeness (QED) is 0.305. The Morgan fingerprint density at radius 1 is 0.457 bits per heavy atom. The Kier molecular flexibility index (Phi) is 3.09. The first-order valence-corrected chi connectivity index (χ1v) is 11.8. The first-order valence-electron chi connectivity index (χ1n) is 11.8. The highest BCUT2D eigenvalue weighted by Gasteiger charge is 2.46. The Bertz CT molecular complexity index is 1770. The van der Waals surface area contributed by atoms with E-state index in [4.69, 9.17) is 14.2 Å². The molecule has 0 aliphatic carbocycles. The molecule has 0 radical (unpaired) electrons. The van der Waals surface area contributed by atoms with Crippen molar-refractivity contribution in [3.8, 4) is 40.2 Å². The van der Waals surface area contributed by atoms with E-state index in [0.717, 1.165) is 67.6 Å². The fourth-order valence-corrected chi connectivity index (χ4v) is 6.13. The molecule has 35 heavy (non-hydrogen) atoms. The minimum atomic E-state index is 0.0286. The van der Waals surface area contributed by atoms with Gasteiger partial charge >= 0.3 is 0 Å². The molecule has 0 atom stereocenters. The van der Waals surface area contributed by atoms with Crippen LogP contribution in [0.1, 0.15) is 0 Å². The van der Waals surface area contributed by atoms with Gasteiger partial charge in [-0.3, -0.25) is 0 Å². The average Bonchev–Trinajstić information content (AvgIpc) is 3.23. The van der Waals surface area contributed by atoms with Crippen molar-refractivity contribution in [1.82, 2.24) is 4.57 Å². The van der Waals surface area contributed by atoms with Crippen molar-refractivity contribution < 1.29 is 14.2 Å². The number of benzene rings is 5. The maximum atomic E-state index is 6.54. The number of hydrogen-bond donors (Lipinski definition) is 0. The van der Waals surface area contributed by atoms with E-state index in [-0.39, 0.29) is 6.71 Å². The largest absolute Gasteiger partial charge is 0.458 e. The summed E-state index contributed by atoms with van der Waals surface area (Å²) >= 11 is 0. The minimum absolute atomic E-state index is 0.0286. The van der Waals surface area contributed by atoms with Gasteiger partial charge in [0.05, 0.1) is 16.7 Å². The van der Waals surface area contributed by atoms with Crippen molar-refractivity contribution in [3.63, 3.8) is 0 Å². The van der Waals surface area contributed by atoms with Crippen LogP contribution < -0.4 is 30.6 Å². The Hall–Kier alpha value is -4.64. The second kappa shape index (κ2) is 6.07. The molecular formula is C30H16BNO3. The van der Waals surface area contributed by atoms with Gasteiger partial charge in [0, 0.05) is 39.3 Å². The van der Waals surface area contributed by atoms with Crippen LogP contribution in [-0.4, -0.2) is 11.3 Å². The summed E-state index contributed by atoms with van der Waals surface area (Å²) in [5.41, 5.74) is 6.55. The number of aromatic nitrogens is 1. The fraction of sp³-hybridized carbons (Fsp3) is 0. The van der Waals surface area contributed by atoms with Gasteiger partial charge in [0.1, 0.15) is 34.5 Å². The van der Waals surface area contributed by atoms with Crippen molar-refractivity contribution >= 4 is 44.9 Å². The highest BCUT2D eigenvalue weighted by atomic mass is 16.5. The SMILES string of the molecule is c1cc2c3c(c1)Oc1cc(-n4c5ccccc5c5ccccc54)cc4c1B3c1c(cccc1O4)O2. The summed E-state index contributed by atoms with van der Waals surface area (Å²) in [6.07, 6.45) is 0. The molecule has 162 valence electrons. The lowest BCUT2D eigenvalue weighted by molar-refractivity contribution is 0.442. The van der Waals surface area contributed by atoms with Crippen molar-refractivity contribution in [2.24, 2.45) is 0 Å². The van der Waals surface area contributed by atoms with Crippen LogP contribution in [0.2, 0.25) is 0 Å². The van der Waals surface area contributed by atoms with E-state index >= 15 is 0 Å². The third-order valence-corrected chi connectivity index (χ3v) is 7.51. The van der Waals surface area contributed by atoms with Gasteiger partial charge in [0.15, 0.2) is 0 Å². The summed E-state index contributed by atoms with van der Waals surface area (Å²) < 4.78 is 21.6. The van der Waals surface area contributed by atoms with Crippen LogP contribution in [0.3, 0.4) is 0 Å². The van der Waals surface area contributed by atoms with Gasteiger partial charge in [-0.25, -0.2) is 0 Å². The molecule has 5 heteroatoms.